The van der Waals surface area contributed by atoms with E-state index >= 15 is 0 Å². The Kier molecular flexibility index (Phi) is 4.59. The predicted molar refractivity (Wildman–Crippen MR) is 64.0 cm³/mol. The zero-order valence-electron chi connectivity index (χ0n) is 9.81. The zero-order valence-corrected chi connectivity index (χ0v) is 10.6. The van der Waals surface area contributed by atoms with Gasteiger partial charge in [0, 0.05) is 20.1 Å². The smallest absolute Gasteiger partial charge is 0.356 e. The Hall–Kier alpha value is -1.47. The van der Waals surface area contributed by atoms with Gasteiger partial charge in [-0.15, -0.1) is 0 Å². The van der Waals surface area contributed by atoms with Crippen molar-refractivity contribution in [3.63, 3.8) is 0 Å². The highest BCUT2D eigenvalue weighted by Crippen LogP contribution is 2.24. The van der Waals surface area contributed by atoms with Crippen molar-refractivity contribution in [2.24, 2.45) is 0 Å². The van der Waals surface area contributed by atoms with Crippen LogP contribution in [0.15, 0.2) is 0 Å². The Bertz CT molecular complexity index is 398. The maximum absolute atomic E-state index is 11.3. The molecule has 0 aliphatic heterocycles. The standard InChI is InChI=1S/C10H14N2O4S/c1-5(4-16-3)11-10-12-7(9(14)15)8(17-10)6(2)13/h5H,4H2,1-3H3,(H,11,12)(H,14,15). The van der Waals surface area contributed by atoms with Crippen molar-refractivity contribution in [1.29, 1.82) is 0 Å². The molecule has 17 heavy (non-hydrogen) atoms. The number of hydrogen-bond acceptors (Lipinski definition) is 6. The number of hydrogen-bond donors (Lipinski definition) is 2. The molecule has 0 saturated heterocycles. The molecule has 0 aromatic carbocycles. The van der Waals surface area contributed by atoms with Gasteiger partial charge in [-0.05, 0) is 6.92 Å². The fourth-order valence-corrected chi connectivity index (χ4v) is 2.23. The number of nitrogens with one attached hydrogen (secondary N) is 1. The van der Waals surface area contributed by atoms with Gasteiger partial charge in [-0.1, -0.05) is 11.3 Å². The molecular weight excluding hydrogens is 244 g/mol. The fourth-order valence-electron chi connectivity index (χ4n) is 1.27. The summed E-state index contributed by atoms with van der Waals surface area (Å²) in [6, 6.07) is -0.00685. The lowest BCUT2D eigenvalue weighted by molar-refractivity contribution is 0.0687. The van der Waals surface area contributed by atoms with Gasteiger partial charge in [0.25, 0.3) is 0 Å². The molecule has 1 atom stereocenters. The summed E-state index contributed by atoms with van der Waals surface area (Å²) in [5.41, 5.74) is -0.199. The van der Waals surface area contributed by atoms with Crippen LogP contribution in [0.1, 0.15) is 34.0 Å². The van der Waals surface area contributed by atoms with Crippen molar-refractivity contribution < 1.29 is 19.4 Å². The number of thiazole rings is 1. The first kappa shape index (κ1) is 13.6. The van der Waals surface area contributed by atoms with Gasteiger partial charge in [-0.3, -0.25) is 4.79 Å². The van der Waals surface area contributed by atoms with Crippen LogP contribution < -0.4 is 5.32 Å². The molecule has 6 nitrogen and oxygen atoms in total. The Labute approximate surface area is 103 Å². The van der Waals surface area contributed by atoms with Crippen LogP contribution in [0.5, 0.6) is 0 Å². The summed E-state index contributed by atoms with van der Waals surface area (Å²) in [5, 5.41) is 12.3. The van der Waals surface area contributed by atoms with E-state index in [1.165, 1.54) is 6.92 Å². The normalized spacial score (nSPS) is 12.2. The van der Waals surface area contributed by atoms with Gasteiger partial charge >= 0.3 is 5.97 Å². The summed E-state index contributed by atoms with van der Waals surface area (Å²) >= 11 is 1.04. The number of carboxylic acid groups (broad SMARTS) is 1. The lowest BCUT2D eigenvalue weighted by Gasteiger charge is -2.10. The first-order valence-corrected chi connectivity index (χ1v) is 5.78. The van der Waals surface area contributed by atoms with E-state index in [1.54, 1.807) is 7.11 Å². The number of nitrogens with zero attached hydrogens (tertiary/aromatic N) is 1. The van der Waals surface area contributed by atoms with E-state index in [4.69, 9.17) is 9.84 Å². The van der Waals surface area contributed by atoms with Crippen molar-refractivity contribution in [2.75, 3.05) is 19.0 Å². The average Bonchev–Trinajstić information content (AvgIpc) is 2.62. The fraction of sp³-hybridized carbons (Fsp3) is 0.500. The maximum Gasteiger partial charge on any atom is 0.356 e. The van der Waals surface area contributed by atoms with Crippen molar-refractivity contribution in [3.05, 3.63) is 10.6 Å². The number of Topliss-reactive ketones (excluding diaryl/α,β-unsaturated/α-hetero) is 1. The molecule has 1 aromatic rings. The molecule has 94 valence electrons. The molecule has 0 spiro atoms. The topological polar surface area (TPSA) is 88.5 Å². The molecule has 7 heteroatoms. The zero-order chi connectivity index (χ0) is 13.0. The third-order valence-corrected chi connectivity index (χ3v) is 3.02. The lowest BCUT2D eigenvalue weighted by atomic mass is 10.3. The molecule has 0 saturated carbocycles. The van der Waals surface area contributed by atoms with Crippen LogP contribution >= 0.6 is 11.3 Å². The number of rotatable bonds is 6. The number of carbonyl (C=O) groups excluding carboxylic acids is 1. The van der Waals surface area contributed by atoms with Crippen LogP contribution in [0.4, 0.5) is 5.13 Å². The van der Waals surface area contributed by atoms with Crippen molar-refractivity contribution in [2.45, 2.75) is 19.9 Å². The van der Waals surface area contributed by atoms with Crippen LogP contribution in [-0.2, 0) is 4.74 Å². The van der Waals surface area contributed by atoms with Gasteiger partial charge in [-0.25, -0.2) is 9.78 Å². The van der Waals surface area contributed by atoms with E-state index in [0.29, 0.717) is 11.7 Å². The largest absolute Gasteiger partial charge is 0.476 e. The Morgan fingerprint density at radius 1 is 1.59 bits per heavy atom. The van der Waals surface area contributed by atoms with Gasteiger partial charge in [-0.2, -0.15) is 0 Å². The third-order valence-electron chi connectivity index (χ3n) is 1.94. The summed E-state index contributed by atoms with van der Waals surface area (Å²) in [6.07, 6.45) is 0. The minimum absolute atomic E-state index is 0.00685. The lowest BCUT2D eigenvalue weighted by Crippen LogP contribution is -2.20. The maximum atomic E-state index is 11.3. The van der Waals surface area contributed by atoms with Crippen molar-refractivity contribution >= 4 is 28.2 Å². The Morgan fingerprint density at radius 3 is 2.65 bits per heavy atom. The monoisotopic (exact) mass is 258 g/mol. The minimum Gasteiger partial charge on any atom is -0.476 e. The number of carboxylic acids is 1. The van der Waals surface area contributed by atoms with Crippen LogP contribution in [0.2, 0.25) is 0 Å². The summed E-state index contributed by atoms with van der Waals surface area (Å²) in [7, 11) is 1.57. The SMILES string of the molecule is COCC(C)Nc1nc(C(=O)O)c(C(C)=O)s1. The number of methoxy groups -OCH3 is 1. The second kappa shape index (κ2) is 5.74. The van der Waals surface area contributed by atoms with E-state index in [1.807, 2.05) is 6.92 Å². The summed E-state index contributed by atoms with van der Waals surface area (Å²) in [6.45, 7) is 3.67. The first-order valence-electron chi connectivity index (χ1n) is 4.96. The van der Waals surface area contributed by atoms with Gasteiger partial charge in [0.1, 0.15) is 4.88 Å². The molecule has 0 amide bonds. The van der Waals surface area contributed by atoms with Gasteiger partial charge in [0.05, 0.1) is 6.61 Å². The van der Waals surface area contributed by atoms with E-state index < -0.39 is 5.97 Å². The van der Waals surface area contributed by atoms with Crippen molar-refractivity contribution in [3.8, 4) is 0 Å². The average molecular weight is 258 g/mol. The number of carbonyl (C=O) groups is 2. The summed E-state index contributed by atoms with van der Waals surface area (Å²) < 4.78 is 4.94. The molecule has 0 bridgehead atoms. The Morgan fingerprint density at radius 2 is 2.24 bits per heavy atom. The van der Waals surface area contributed by atoms with Gasteiger partial charge in [0.15, 0.2) is 16.6 Å². The minimum atomic E-state index is -1.20. The second-order valence-electron chi connectivity index (χ2n) is 3.56. The van der Waals surface area contributed by atoms with Gasteiger partial charge in [0.2, 0.25) is 0 Å². The van der Waals surface area contributed by atoms with Crippen LogP contribution in [0.3, 0.4) is 0 Å². The van der Waals surface area contributed by atoms with Crippen LogP contribution in [0, 0.1) is 0 Å². The molecule has 1 heterocycles. The van der Waals surface area contributed by atoms with E-state index in [2.05, 4.69) is 10.3 Å². The van der Waals surface area contributed by atoms with Crippen LogP contribution in [-0.4, -0.2) is 41.6 Å². The summed E-state index contributed by atoms with van der Waals surface area (Å²) in [4.78, 5) is 26.2. The van der Waals surface area contributed by atoms with Gasteiger partial charge < -0.3 is 15.2 Å². The molecule has 2 N–H and O–H groups in total. The number of anilines is 1. The highest BCUT2D eigenvalue weighted by Gasteiger charge is 2.21. The summed E-state index contributed by atoms with van der Waals surface area (Å²) in [5.74, 6) is -1.49. The molecule has 0 aliphatic carbocycles. The third kappa shape index (κ3) is 3.50. The van der Waals surface area contributed by atoms with Crippen LogP contribution in [0.25, 0.3) is 0 Å². The molecule has 0 aliphatic rings. The highest BCUT2D eigenvalue weighted by atomic mass is 32.1. The Balaban J connectivity index is 2.92. The molecule has 0 fully saturated rings. The predicted octanol–water partition coefficient (Wildman–Crippen LogP) is 1.49. The molecule has 1 aromatic heterocycles. The van der Waals surface area contributed by atoms with E-state index in [9.17, 15) is 9.59 Å². The van der Waals surface area contributed by atoms with E-state index in [-0.39, 0.29) is 22.4 Å². The highest BCUT2D eigenvalue weighted by molar-refractivity contribution is 7.17. The van der Waals surface area contributed by atoms with E-state index in [0.717, 1.165) is 11.3 Å². The molecular formula is C10H14N2O4S. The quantitative estimate of drug-likeness (QED) is 0.751. The molecule has 1 rings (SSSR count). The van der Waals surface area contributed by atoms with Crippen molar-refractivity contribution in [1.82, 2.24) is 4.98 Å². The number of aromatic nitrogens is 1. The number of ketones is 1. The number of ether oxygens (including phenoxy) is 1. The molecule has 0 radical (unpaired) electrons. The number of aromatic carboxylic acids is 1. The second-order valence-corrected chi connectivity index (χ2v) is 4.56. The molecule has 1 unspecified atom stereocenters. The first-order chi connectivity index (χ1) is 7.95.